The van der Waals surface area contributed by atoms with E-state index in [1.807, 2.05) is 30.3 Å². The number of methoxy groups -OCH3 is 1. The minimum Gasteiger partial charge on any atom is -0.618 e. The average Bonchev–Trinajstić information content (AvgIpc) is 2.84. The van der Waals surface area contributed by atoms with Crippen LogP contribution in [0.2, 0.25) is 0 Å². The number of allylic oxidation sites excluding steroid dienone is 4. The molecule has 0 fully saturated rings. The molecule has 0 unspecified atom stereocenters. The van der Waals surface area contributed by atoms with E-state index in [0.717, 1.165) is 15.6 Å². The van der Waals surface area contributed by atoms with Crippen LogP contribution in [0, 0.1) is 12.1 Å². The first kappa shape index (κ1) is 21.4. The van der Waals surface area contributed by atoms with Crippen LogP contribution in [-0.2, 0) is 17.8 Å². The predicted octanol–water partition coefficient (Wildman–Crippen LogP) is 6.82. The summed E-state index contributed by atoms with van der Waals surface area (Å²) in [5.74, 6) is 0. The number of nitrogens with zero attached hydrogens (tertiary/aromatic N) is 1. The Labute approximate surface area is 195 Å². The maximum atomic E-state index is 11.1. The lowest BCUT2D eigenvalue weighted by atomic mass is 9.79. The average molecular weight is 436 g/mol. The van der Waals surface area contributed by atoms with Gasteiger partial charge in [0.1, 0.15) is 0 Å². The molecule has 166 valence electrons. The second-order valence-electron chi connectivity index (χ2n) is 8.89. The number of hydrogen-bond donors (Lipinski definition) is 0. The van der Waals surface area contributed by atoms with E-state index in [4.69, 9.17) is 4.74 Å². The Morgan fingerprint density at radius 3 is 2.64 bits per heavy atom. The summed E-state index contributed by atoms with van der Waals surface area (Å²) in [7, 11) is 1.76. The molecule has 2 aliphatic rings. The van der Waals surface area contributed by atoms with Crippen LogP contribution in [0.5, 0.6) is 0 Å². The highest BCUT2D eigenvalue weighted by atomic mass is 16.5. The summed E-state index contributed by atoms with van der Waals surface area (Å²) in [5.41, 5.74) is 9.52. The van der Waals surface area contributed by atoms with Gasteiger partial charge in [0.05, 0.1) is 6.61 Å². The summed E-state index contributed by atoms with van der Waals surface area (Å²) in [6.07, 6.45) is 11.0. The molecule has 0 atom stereocenters. The van der Waals surface area contributed by atoms with Crippen LogP contribution in [0.1, 0.15) is 41.5 Å². The molecule has 2 aliphatic carbocycles. The molecule has 33 heavy (non-hydrogen) atoms. The van der Waals surface area contributed by atoms with E-state index in [9.17, 15) is 5.21 Å². The highest BCUT2D eigenvalue weighted by molar-refractivity contribution is 5.96. The highest BCUT2D eigenvalue weighted by Gasteiger charge is 2.21. The Morgan fingerprint density at radius 2 is 1.79 bits per heavy atom. The standard InChI is InChI=1S/C21H22O.C9H7NO/c1-14-11-15(13-22-2)12-17-8-9-19-18-6-4-3-5-16(18)7-10-20(19)21(14)17;11-10-7-3-5-8-4-1-2-6-9(8)10/h4,6,8-9,11-12H,3,5,7,10,13H2,1-2H3;1-7H. The fourth-order valence-electron chi connectivity index (χ4n) is 5.27. The Kier molecular flexibility index (Phi) is 5.97. The first-order valence-electron chi connectivity index (χ1n) is 11.7. The molecule has 3 nitrogen and oxygen atoms in total. The van der Waals surface area contributed by atoms with Crippen molar-refractivity contribution in [1.82, 2.24) is 0 Å². The minimum absolute atomic E-state index is 0.686. The number of fused-ring (bicyclic) bond motifs is 5. The molecule has 0 N–H and O–H groups in total. The van der Waals surface area contributed by atoms with Crippen molar-refractivity contribution in [2.24, 2.45) is 0 Å². The molecule has 0 aliphatic heterocycles. The third-order valence-electron chi connectivity index (χ3n) is 6.71. The number of aromatic nitrogens is 1. The van der Waals surface area contributed by atoms with Crippen molar-refractivity contribution >= 4 is 27.2 Å². The fraction of sp³-hybridized carbons (Fsp3) is 0.233. The molecule has 0 saturated heterocycles. The van der Waals surface area contributed by atoms with Gasteiger partial charge in [0.15, 0.2) is 6.20 Å². The lowest BCUT2D eigenvalue weighted by Crippen LogP contribution is -2.25. The fourth-order valence-corrected chi connectivity index (χ4v) is 5.27. The predicted molar refractivity (Wildman–Crippen MR) is 136 cm³/mol. The second-order valence-corrected chi connectivity index (χ2v) is 8.89. The second kappa shape index (κ2) is 9.21. The Balaban J connectivity index is 0.000000174. The number of pyridine rings is 1. The van der Waals surface area contributed by atoms with E-state index < -0.39 is 0 Å². The maximum absolute atomic E-state index is 11.1. The van der Waals surface area contributed by atoms with Crippen molar-refractivity contribution in [3.8, 4) is 0 Å². The minimum atomic E-state index is 0.686. The highest BCUT2D eigenvalue weighted by Crippen LogP contribution is 2.40. The van der Waals surface area contributed by atoms with E-state index in [-0.39, 0.29) is 0 Å². The van der Waals surface area contributed by atoms with E-state index >= 15 is 0 Å². The Hall–Kier alpha value is -3.43. The van der Waals surface area contributed by atoms with Crippen LogP contribution in [0.15, 0.2) is 84.6 Å². The molecule has 0 radical (unpaired) electrons. The van der Waals surface area contributed by atoms with Crippen molar-refractivity contribution in [2.45, 2.75) is 39.2 Å². The molecule has 6 rings (SSSR count). The third-order valence-corrected chi connectivity index (χ3v) is 6.71. The quantitative estimate of drug-likeness (QED) is 0.256. The monoisotopic (exact) mass is 435 g/mol. The van der Waals surface area contributed by atoms with Gasteiger partial charge < -0.3 is 9.94 Å². The molecular formula is C30H29NO2. The molecule has 0 amide bonds. The van der Waals surface area contributed by atoms with Gasteiger partial charge in [0.2, 0.25) is 5.52 Å². The SMILES string of the molecule is COCc1cc(C)c2c3c(ccc2c1)C1=C(CCC=C1)CC3.[O-][n+]1cccc2ccccc21. The number of aryl methyl sites for hydroxylation is 2. The molecule has 4 aromatic rings. The van der Waals surface area contributed by atoms with E-state index in [1.54, 1.807) is 24.3 Å². The molecule has 3 aromatic carbocycles. The summed E-state index contributed by atoms with van der Waals surface area (Å²) in [6, 6.07) is 20.4. The maximum Gasteiger partial charge on any atom is 0.223 e. The molecule has 1 aromatic heterocycles. The zero-order valence-corrected chi connectivity index (χ0v) is 19.3. The van der Waals surface area contributed by atoms with Crippen LogP contribution in [0.3, 0.4) is 0 Å². The molecule has 1 heterocycles. The van der Waals surface area contributed by atoms with Crippen LogP contribution in [-0.4, -0.2) is 7.11 Å². The van der Waals surface area contributed by atoms with Crippen molar-refractivity contribution in [3.63, 3.8) is 0 Å². The lowest BCUT2D eigenvalue weighted by Gasteiger charge is -2.26. The van der Waals surface area contributed by atoms with Gasteiger partial charge in [0.25, 0.3) is 0 Å². The van der Waals surface area contributed by atoms with Crippen molar-refractivity contribution < 1.29 is 9.47 Å². The molecular weight excluding hydrogens is 406 g/mol. The first-order valence-corrected chi connectivity index (χ1v) is 11.7. The van der Waals surface area contributed by atoms with E-state index in [0.29, 0.717) is 6.61 Å². The van der Waals surface area contributed by atoms with Gasteiger partial charge in [-0.3, -0.25) is 0 Å². The molecule has 0 bridgehead atoms. The largest absolute Gasteiger partial charge is 0.618 e. The van der Waals surface area contributed by atoms with Crippen LogP contribution < -0.4 is 4.73 Å². The smallest absolute Gasteiger partial charge is 0.223 e. The Bertz CT molecular complexity index is 1390. The first-order chi connectivity index (χ1) is 16.2. The van der Waals surface area contributed by atoms with Crippen LogP contribution in [0.4, 0.5) is 0 Å². The number of ether oxygens (including phenoxy) is 1. The zero-order valence-electron chi connectivity index (χ0n) is 19.3. The van der Waals surface area contributed by atoms with Gasteiger partial charge >= 0.3 is 0 Å². The molecule has 3 heteroatoms. The topological polar surface area (TPSA) is 36.2 Å². The van der Waals surface area contributed by atoms with Gasteiger partial charge in [-0.15, -0.1) is 0 Å². The van der Waals surface area contributed by atoms with Crippen molar-refractivity contribution in [2.75, 3.05) is 7.11 Å². The normalized spacial score (nSPS) is 14.6. The summed E-state index contributed by atoms with van der Waals surface area (Å²) >= 11 is 0. The lowest BCUT2D eigenvalue weighted by molar-refractivity contribution is -0.577. The number of para-hydroxylation sites is 1. The van der Waals surface area contributed by atoms with Crippen LogP contribution >= 0.6 is 0 Å². The summed E-state index contributed by atoms with van der Waals surface area (Å²) in [6.45, 7) is 2.92. The zero-order chi connectivity index (χ0) is 22.8. The third kappa shape index (κ3) is 4.17. The molecule has 0 saturated carbocycles. The van der Waals surface area contributed by atoms with Crippen molar-refractivity contribution in [1.29, 1.82) is 0 Å². The van der Waals surface area contributed by atoms with Gasteiger partial charge in [-0.2, -0.15) is 4.73 Å². The van der Waals surface area contributed by atoms with E-state index in [1.165, 1.54) is 64.9 Å². The number of hydrogen-bond acceptors (Lipinski definition) is 2. The number of benzene rings is 3. The number of rotatable bonds is 2. The summed E-state index contributed by atoms with van der Waals surface area (Å²) < 4.78 is 6.17. The van der Waals surface area contributed by atoms with Gasteiger partial charge in [-0.25, -0.2) is 0 Å². The van der Waals surface area contributed by atoms with Crippen molar-refractivity contribution in [3.05, 3.63) is 112 Å². The summed E-state index contributed by atoms with van der Waals surface area (Å²) in [5, 5.41) is 14.9. The Morgan fingerprint density at radius 1 is 0.939 bits per heavy atom. The van der Waals surface area contributed by atoms with Crippen LogP contribution in [0.25, 0.3) is 27.2 Å². The summed E-state index contributed by atoms with van der Waals surface area (Å²) in [4.78, 5) is 0. The van der Waals surface area contributed by atoms with E-state index in [2.05, 4.69) is 43.3 Å². The van der Waals surface area contributed by atoms with Gasteiger partial charge in [-0.1, -0.05) is 48.1 Å². The van der Waals surface area contributed by atoms with Gasteiger partial charge in [0, 0.05) is 24.6 Å². The molecule has 0 spiro atoms. The van der Waals surface area contributed by atoms with Gasteiger partial charge in [-0.05, 0) is 89.4 Å².